The molecule has 4 rings (SSSR count). The van der Waals surface area contributed by atoms with Crippen LogP contribution in [0.5, 0.6) is 0 Å². The average molecular weight is 406 g/mol. The molecule has 2 aliphatic rings. The molecule has 3 atom stereocenters. The Labute approximate surface area is 174 Å². The standard InChI is InChI=1S/C23H22N2O5/c1-28-22(27)20-19(21(26)30-24)17-12-13-23(20,29-17)18(14-15-8-4-2-5-9-15)25-16-10-6-3-7-11-16/h2-13,17-18,25H,14,24H2,1H3/t17-,18+,23-/m0/s1. The topological polar surface area (TPSA) is 99.9 Å². The lowest BCUT2D eigenvalue weighted by molar-refractivity contribution is -0.141. The molecule has 0 unspecified atom stereocenters. The molecule has 7 nitrogen and oxygen atoms in total. The third-order valence-corrected chi connectivity index (χ3v) is 5.42. The zero-order chi connectivity index (χ0) is 21.1. The number of esters is 1. The van der Waals surface area contributed by atoms with Gasteiger partial charge in [0.25, 0.3) is 0 Å². The molecule has 2 heterocycles. The van der Waals surface area contributed by atoms with E-state index in [4.69, 9.17) is 15.4 Å². The summed E-state index contributed by atoms with van der Waals surface area (Å²) in [6.45, 7) is 0. The highest BCUT2D eigenvalue weighted by atomic mass is 16.7. The number of para-hydroxylation sites is 1. The molecular weight excluding hydrogens is 384 g/mol. The number of carbonyl (C=O) groups excluding carboxylic acids is 2. The summed E-state index contributed by atoms with van der Waals surface area (Å²) in [7, 11) is 1.26. The molecule has 2 bridgehead atoms. The molecule has 2 aliphatic heterocycles. The maximum atomic E-state index is 12.8. The van der Waals surface area contributed by atoms with Gasteiger partial charge in [-0.15, -0.1) is 0 Å². The molecule has 0 spiro atoms. The molecular formula is C23H22N2O5. The smallest absolute Gasteiger partial charge is 0.356 e. The Bertz CT molecular complexity index is 961. The molecule has 2 aromatic rings. The summed E-state index contributed by atoms with van der Waals surface area (Å²) in [4.78, 5) is 29.6. The number of rotatable bonds is 7. The lowest BCUT2D eigenvalue weighted by atomic mass is 9.79. The van der Waals surface area contributed by atoms with Gasteiger partial charge in [0.2, 0.25) is 0 Å². The van der Waals surface area contributed by atoms with Gasteiger partial charge in [0.15, 0.2) is 0 Å². The first-order valence-corrected chi connectivity index (χ1v) is 9.55. The molecule has 0 fully saturated rings. The number of hydrogen-bond donors (Lipinski definition) is 2. The van der Waals surface area contributed by atoms with Gasteiger partial charge in [-0.1, -0.05) is 54.6 Å². The summed E-state index contributed by atoms with van der Waals surface area (Å²) in [6, 6.07) is 19.0. The van der Waals surface area contributed by atoms with Crippen LogP contribution in [-0.4, -0.2) is 36.8 Å². The van der Waals surface area contributed by atoms with Crippen molar-refractivity contribution in [2.45, 2.75) is 24.2 Å². The van der Waals surface area contributed by atoms with Crippen LogP contribution in [0, 0.1) is 0 Å². The molecule has 7 heteroatoms. The summed E-state index contributed by atoms with van der Waals surface area (Å²) >= 11 is 0. The van der Waals surface area contributed by atoms with Gasteiger partial charge in [-0.25, -0.2) is 9.59 Å². The number of nitrogens with two attached hydrogens (primary N) is 1. The number of benzene rings is 2. The van der Waals surface area contributed by atoms with Gasteiger partial charge in [-0.05, 0) is 30.2 Å². The molecule has 0 aromatic heterocycles. The maximum Gasteiger partial charge on any atom is 0.356 e. The Morgan fingerprint density at radius 2 is 1.77 bits per heavy atom. The van der Waals surface area contributed by atoms with E-state index in [0.29, 0.717) is 6.42 Å². The third kappa shape index (κ3) is 3.38. The van der Waals surface area contributed by atoms with Crippen LogP contribution in [0.15, 0.2) is 84.0 Å². The average Bonchev–Trinajstić information content (AvgIpc) is 3.37. The van der Waals surface area contributed by atoms with Crippen LogP contribution in [0.4, 0.5) is 5.69 Å². The van der Waals surface area contributed by atoms with E-state index in [-0.39, 0.29) is 11.1 Å². The van der Waals surface area contributed by atoms with E-state index in [1.807, 2.05) is 60.7 Å². The number of methoxy groups -OCH3 is 1. The Morgan fingerprint density at radius 3 is 2.40 bits per heavy atom. The number of nitrogens with one attached hydrogen (secondary N) is 1. The molecule has 3 N–H and O–H groups in total. The van der Waals surface area contributed by atoms with E-state index in [1.54, 1.807) is 12.2 Å². The fourth-order valence-corrected chi connectivity index (χ4v) is 4.09. The van der Waals surface area contributed by atoms with Crippen LogP contribution in [0.1, 0.15) is 5.56 Å². The second-order valence-electron chi connectivity index (χ2n) is 7.13. The zero-order valence-corrected chi connectivity index (χ0v) is 16.4. The van der Waals surface area contributed by atoms with Crippen LogP contribution >= 0.6 is 0 Å². The molecule has 0 amide bonds. The van der Waals surface area contributed by atoms with Crippen molar-refractivity contribution in [2.75, 3.05) is 12.4 Å². The minimum Gasteiger partial charge on any atom is -0.466 e. The van der Waals surface area contributed by atoms with Gasteiger partial charge in [-0.2, -0.15) is 5.90 Å². The first-order chi connectivity index (χ1) is 14.6. The summed E-state index contributed by atoms with van der Waals surface area (Å²) in [5.41, 5.74) is 0.858. The monoisotopic (exact) mass is 406 g/mol. The van der Waals surface area contributed by atoms with E-state index in [1.165, 1.54) is 7.11 Å². The zero-order valence-electron chi connectivity index (χ0n) is 16.4. The lowest BCUT2D eigenvalue weighted by Gasteiger charge is -2.36. The molecule has 0 saturated heterocycles. The van der Waals surface area contributed by atoms with Crippen LogP contribution in [0.3, 0.4) is 0 Å². The van der Waals surface area contributed by atoms with Crippen LogP contribution in [-0.2, 0) is 30.3 Å². The van der Waals surface area contributed by atoms with E-state index >= 15 is 0 Å². The lowest BCUT2D eigenvalue weighted by Crippen LogP contribution is -2.49. The Balaban J connectivity index is 1.81. The SMILES string of the molecule is COC(=O)C1=C(C(=O)ON)[C@@H]2C=C[C@@]1([C@@H](Cc1ccccc1)Nc1ccccc1)O2. The third-order valence-electron chi connectivity index (χ3n) is 5.42. The highest BCUT2D eigenvalue weighted by Crippen LogP contribution is 2.47. The fourth-order valence-electron chi connectivity index (χ4n) is 4.09. The van der Waals surface area contributed by atoms with Crippen molar-refractivity contribution in [3.63, 3.8) is 0 Å². The summed E-state index contributed by atoms with van der Waals surface area (Å²) < 4.78 is 11.2. The van der Waals surface area contributed by atoms with Crippen molar-refractivity contribution >= 4 is 17.6 Å². The normalized spacial score (nSPS) is 22.7. The second-order valence-corrected chi connectivity index (χ2v) is 7.13. The predicted molar refractivity (Wildman–Crippen MR) is 110 cm³/mol. The number of hydrogen-bond acceptors (Lipinski definition) is 7. The number of ether oxygens (including phenoxy) is 2. The Morgan fingerprint density at radius 1 is 1.10 bits per heavy atom. The van der Waals surface area contributed by atoms with Crippen LogP contribution in [0.2, 0.25) is 0 Å². The van der Waals surface area contributed by atoms with Crippen molar-refractivity contribution in [2.24, 2.45) is 5.90 Å². The number of fused-ring (bicyclic) bond motifs is 2. The van der Waals surface area contributed by atoms with Crippen molar-refractivity contribution in [3.8, 4) is 0 Å². The van der Waals surface area contributed by atoms with Gasteiger partial charge in [0.05, 0.1) is 24.3 Å². The van der Waals surface area contributed by atoms with E-state index in [2.05, 4.69) is 10.2 Å². The van der Waals surface area contributed by atoms with E-state index < -0.39 is 29.7 Å². The number of carbonyl (C=O) groups is 2. The largest absolute Gasteiger partial charge is 0.466 e. The predicted octanol–water partition coefficient (Wildman–Crippen LogP) is 2.30. The second kappa shape index (κ2) is 8.14. The first kappa shape index (κ1) is 19.9. The van der Waals surface area contributed by atoms with Gasteiger partial charge >= 0.3 is 11.9 Å². The fraction of sp³-hybridized carbons (Fsp3) is 0.217. The number of anilines is 1. The summed E-state index contributed by atoms with van der Waals surface area (Å²) in [5, 5.41) is 3.47. The summed E-state index contributed by atoms with van der Waals surface area (Å²) in [6.07, 6.45) is 3.34. The highest BCUT2D eigenvalue weighted by Gasteiger charge is 2.58. The van der Waals surface area contributed by atoms with Crippen molar-refractivity contribution in [1.29, 1.82) is 0 Å². The molecule has 2 aromatic carbocycles. The van der Waals surface area contributed by atoms with Gasteiger partial charge < -0.3 is 19.6 Å². The quantitative estimate of drug-likeness (QED) is 0.413. The highest BCUT2D eigenvalue weighted by molar-refractivity contribution is 6.05. The van der Waals surface area contributed by atoms with Crippen molar-refractivity contribution in [1.82, 2.24) is 0 Å². The van der Waals surface area contributed by atoms with Gasteiger partial charge in [-0.3, -0.25) is 0 Å². The Kier molecular flexibility index (Phi) is 5.39. The van der Waals surface area contributed by atoms with E-state index in [9.17, 15) is 9.59 Å². The van der Waals surface area contributed by atoms with Crippen molar-refractivity contribution < 1.29 is 23.9 Å². The molecule has 154 valence electrons. The summed E-state index contributed by atoms with van der Waals surface area (Å²) in [5.74, 6) is 3.65. The minimum absolute atomic E-state index is 0.0692. The molecule has 0 saturated carbocycles. The van der Waals surface area contributed by atoms with Gasteiger partial charge in [0, 0.05) is 5.69 Å². The van der Waals surface area contributed by atoms with Crippen LogP contribution < -0.4 is 11.2 Å². The molecule has 30 heavy (non-hydrogen) atoms. The van der Waals surface area contributed by atoms with E-state index in [0.717, 1.165) is 11.3 Å². The minimum atomic E-state index is -1.22. The van der Waals surface area contributed by atoms with Crippen molar-refractivity contribution in [3.05, 3.63) is 89.5 Å². The molecule has 0 radical (unpaired) electrons. The maximum absolute atomic E-state index is 12.8. The Hall–Kier alpha value is -3.42. The molecule has 0 aliphatic carbocycles. The first-order valence-electron chi connectivity index (χ1n) is 9.55. The van der Waals surface area contributed by atoms with Crippen LogP contribution in [0.25, 0.3) is 0 Å². The van der Waals surface area contributed by atoms with Gasteiger partial charge in [0.1, 0.15) is 11.7 Å².